The van der Waals surface area contributed by atoms with Gasteiger partial charge < -0.3 is 14.8 Å². The van der Waals surface area contributed by atoms with Gasteiger partial charge in [0.1, 0.15) is 16.3 Å². The molecule has 2 aromatic carbocycles. The van der Waals surface area contributed by atoms with Crippen LogP contribution in [0.2, 0.25) is 0 Å². The SMILES string of the molecule is COC(=O)c1c(-c2ccc(OC)cc2)csc1NC(=O)c1cccc(C)c1. The molecule has 0 saturated heterocycles. The van der Waals surface area contributed by atoms with Crippen LogP contribution in [0.4, 0.5) is 5.00 Å². The van der Waals surface area contributed by atoms with Crippen LogP contribution in [0, 0.1) is 6.92 Å². The largest absolute Gasteiger partial charge is 0.497 e. The van der Waals surface area contributed by atoms with Gasteiger partial charge in [-0.15, -0.1) is 11.3 Å². The lowest BCUT2D eigenvalue weighted by atomic mass is 10.0. The average molecular weight is 381 g/mol. The Bertz CT molecular complexity index is 976. The maximum atomic E-state index is 12.6. The number of aryl methyl sites for hydroxylation is 1. The molecule has 0 aliphatic rings. The number of thiophene rings is 1. The second-order valence-electron chi connectivity index (χ2n) is 5.90. The van der Waals surface area contributed by atoms with Gasteiger partial charge in [-0.1, -0.05) is 29.8 Å². The van der Waals surface area contributed by atoms with Gasteiger partial charge in [0.2, 0.25) is 0 Å². The lowest BCUT2D eigenvalue weighted by Gasteiger charge is -2.09. The molecule has 0 atom stereocenters. The molecule has 6 heteroatoms. The predicted molar refractivity (Wildman–Crippen MR) is 107 cm³/mol. The van der Waals surface area contributed by atoms with Crippen molar-refractivity contribution in [2.75, 3.05) is 19.5 Å². The number of benzene rings is 2. The van der Waals surface area contributed by atoms with Crippen LogP contribution in [0.25, 0.3) is 11.1 Å². The Balaban J connectivity index is 1.97. The van der Waals surface area contributed by atoms with Crippen molar-refractivity contribution in [1.82, 2.24) is 0 Å². The third-order valence-electron chi connectivity index (χ3n) is 4.09. The van der Waals surface area contributed by atoms with Crippen molar-refractivity contribution in [2.24, 2.45) is 0 Å². The van der Waals surface area contributed by atoms with E-state index in [4.69, 9.17) is 9.47 Å². The minimum Gasteiger partial charge on any atom is -0.497 e. The fraction of sp³-hybridized carbons (Fsp3) is 0.143. The van der Waals surface area contributed by atoms with Crippen LogP contribution in [0.1, 0.15) is 26.3 Å². The van der Waals surface area contributed by atoms with E-state index < -0.39 is 5.97 Å². The molecule has 1 N–H and O–H groups in total. The Morgan fingerprint density at radius 3 is 2.41 bits per heavy atom. The number of ether oxygens (including phenoxy) is 2. The Morgan fingerprint density at radius 2 is 1.78 bits per heavy atom. The van der Waals surface area contributed by atoms with E-state index in [0.29, 0.717) is 21.7 Å². The van der Waals surface area contributed by atoms with Crippen LogP contribution in [0.15, 0.2) is 53.9 Å². The van der Waals surface area contributed by atoms with E-state index in [1.165, 1.54) is 18.4 Å². The molecule has 1 heterocycles. The highest BCUT2D eigenvalue weighted by Crippen LogP contribution is 2.37. The first kappa shape index (κ1) is 18.7. The van der Waals surface area contributed by atoms with E-state index in [9.17, 15) is 9.59 Å². The zero-order valence-electron chi connectivity index (χ0n) is 15.2. The van der Waals surface area contributed by atoms with E-state index in [2.05, 4.69) is 5.32 Å². The molecule has 138 valence electrons. The molecule has 5 nitrogen and oxygen atoms in total. The molecular weight excluding hydrogens is 362 g/mol. The number of nitrogens with one attached hydrogen (secondary N) is 1. The molecule has 3 rings (SSSR count). The molecule has 0 spiro atoms. The quantitative estimate of drug-likeness (QED) is 0.647. The number of esters is 1. The molecule has 0 unspecified atom stereocenters. The summed E-state index contributed by atoms with van der Waals surface area (Å²) in [7, 11) is 2.92. The lowest BCUT2D eigenvalue weighted by molar-refractivity contribution is 0.0603. The lowest BCUT2D eigenvalue weighted by Crippen LogP contribution is -2.14. The highest BCUT2D eigenvalue weighted by molar-refractivity contribution is 7.15. The second kappa shape index (κ2) is 8.05. The molecule has 1 amide bonds. The molecule has 0 radical (unpaired) electrons. The normalized spacial score (nSPS) is 10.3. The van der Waals surface area contributed by atoms with Crippen molar-refractivity contribution >= 4 is 28.2 Å². The second-order valence-corrected chi connectivity index (χ2v) is 6.78. The number of hydrogen-bond acceptors (Lipinski definition) is 5. The maximum Gasteiger partial charge on any atom is 0.341 e. The van der Waals surface area contributed by atoms with Gasteiger partial charge in [0.25, 0.3) is 5.91 Å². The molecule has 0 bridgehead atoms. The topological polar surface area (TPSA) is 64.6 Å². The average Bonchev–Trinajstić information content (AvgIpc) is 3.10. The molecule has 27 heavy (non-hydrogen) atoms. The van der Waals surface area contributed by atoms with Gasteiger partial charge in [-0.3, -0.25) is 4.79 Å². The summed E-state index contributed by atoms with van der Waals surface area (Å²) in [5, 5.41) is 5.13. The first-order chi connectivity index (χ1) is 13.0. The summed E-state index contributed by atoms with van der Waals surface area (Å²) in [6, 6.07) is 14.6. The van der Waals surface area contributed by atoms with Gasteiger partial charge in [-0.2, -0.15) is 0 Å². The highest BCUT2D eigenvalue weighted by Gasteiger charge is 2.22. The van der Waals surface area contributed by atoms with Gasteiger partial charge in [0, 0.05) is 16.5 Å². The first-order valence-electron chi connectivity index (χ1n) is 8.25. The first-order valence-corrected chi connectivity index (χ1v) is 9.13. The van der Waals surface area contributed by atoms with E-state index >= 15 is 0 Å². The van der Waals surface area contributed by atoms with E-state index in [1.807, 2.05) is 48.7 Å². The molecule has 0 fully saturated rings. The zero-order chi connectivity index (χ0) is 19.4. The van der Waals surface area contributed by atoms with Gasteiger partial charge in [-0.05, 0) is 36.8 Å². The van der Waals surface area contributed by atoms with Crippen LogP contribution in [-0.4, -0.2) is 26.1 Å². The monoisotopic (exact) mass is 381 g/mol. The number of carbonyl (C=O) groups excluding carboxylic acids is 2. The van der Waals surface area contributed by atoms with Crippen LogP contribution >= 0.6 is 11.3 Å². The van der Waals surface area contributed by atoms with Crippen LogP contribution < -0.4 is 10.1 Å². The predicted octanol–water partition coefficient (Wildman–Crippen LogP) is 4.77. The smallest absolute Gasteiger partial charge is 0.341 e. The van der Waals surface area contributed by atoms with Gasteiger partial charge >= 0.3 is 5.97 Å². The summed E-state index contributed by atoms with van der Waals surface area (Å²) < 4.78 is 10.1. The van der Waals surface area contributed by atoms with Crippen molar-refractivity contribution in [1.29, 1.82) is 0 Å². The Morgan fingerprint density at radius 1 is 1.04 bits per heavy atom. The van der Waals surface area contributed by atoms with Gasteiger partial charge in [-0.25, -0.2) is 4.79 Å². The summed E-state index contributed by atoms with van der Waals surface area (Å²) >= 11 is 1.29. The third kappa shape index (κ3) is 4.01. The molecular formula is C21H19NO4S. The Hall–Kier alpha value is -3.12. The van der Waals surface area contributed by atoms with Crippen molar-refractivity contribution in [3.05, 3.63) is 70.6 Å². The standard InChI is InChI=1S/C21H19NO4S/c1-13-5-4-6-15(11-13)19(23)22-20-18(21(24)26-3)17(12-27-20)14-7-9-16(25-2)10-8-14/h4-12H,1-3H3,(H,22,23). The van der Waals surface area contributed by atoms with E-state index in [-0.39, 0.29) is 5.91 Å². The Kier molecular flexibility index (Phi) is 5.57. The fourth-order valence-corrected chi connectivity index (χ4v) is 3.65. The summed E-state index contributed by atoms with van der Waals surface area (Å²) in [5.74, 6) is -0.0461. The summed E-state index contributed by atoms with van der Waals surface area (Å²) in [6.07, 6.45) is 0. The third-order valence-corrected chi connectivity index (χ3v) is 4.98. The fourth-order valence-electron chi connectivity index (χ4n) is 2.70. The molecule has 3 aromatic rings. The zero-order valence-corrected chi connectivity index (χ0v) is 16.1. The number of amides is 1. The number of carbonyl (C=O) groups is 2. The van der Waals surface area contributed by atoms with Crippen molar-refractivity contribution in [3.63, 3.8) is 0 Å². The number of methoxy groups -OCH3 is 2. The van der Waals surface area contributed by atoms with E-state index in [0.717, 1.165) is 16.9 Å². The van der Waals surface area contributed by atoms with Crippen LogP contribution in [-0.2, 0) is 4.74 Å². The van der Waals surface area contributed by atoms with Crippen molar-refractivity contribution in [3.8, 4) is 16.9 Å². The van der Waals surface area contributed by atoms with E-state index in [1.54, 1.807) is 19.2 Å². The maximum absolute atomic E-state index is 12.6. The minimum absolute atomic E-state index is 0.271. The number of anilines is 1. The summed E-state index contributed by atoms with van der Waals surface area (Å²) in [4.78, 5) is 25.0. The number of rotatable bonds is 5. The van der Waals surface area contributed by atoms with Gasteiger partial charge in [0.05, 0.1) is 14.2 Å². The Labute approximate surface area is 161 Å². The molecule has 0 saturated carbocycles. The summed E-state index contributed by atoms with van der Waals surface area (Å²) in [5.41, 5.74) is 3.40. The van der Waals surface area contributed by atoms with Gasteiger partial charge in [0.15, 0.2) is 0 Å². The number of hydrogen-bond donors (Lipinski definition) is 1. The molecule has 0 aliphatic heterocycles. The summed E-state index contributed by atoms with van der Waals surface area (Å²) in [6.45, 7) is 1.92. The molecule has 1 aromatic heterocycles. The van der Waals surface area contributed by atoms with Crippen molar-refractivity contribution < 1.29 is 19.1 Å². The highest BCUT2D eigenvalue weighted by atomic mass is 32.1. The van der Waals surface area contributed by atoms with Crippen molar-refractivity contribution in [2.45, 2.75) is 6.92 Å². The van der Waals surface area contributed by atoms with Crippen LogP contribution in [0.3, 0.4) is 0 Å². The van der Waals surface area contributed by atoms with Crippen LogP contribution in [0.5, 0.6) is 5.75 Å². The minimum atomic E-state index is -0.499. The molecule has 0 aliphatic carbocycles.